The molecule has 0 aliphatic rings. The van der Waals surface area contributed by atoms with E-state index in [1.807, 2.05) is 36.4 Å². The van der Waals surface area contributed by atoms with Gasteiger partial charge in [0.25, 0.3) is 0 Å². The minimum Gasteiger partial charge on any atom is -0.465 e. The first kappa shape index (κ1) is 13.3. The van der Waals surface area contributed by atoms with Gasteiger partial charge >= 0.3 is 5.97 Å². The summed E-state index contributed by atoms with van der Waals surface area (Å²) in [6.07, 6.45) is 0. The molecule has 19 heavy (non-hydrogen) atoms. The predicted octanol–water partition coefficient (Wildman–Crippen LogP) is 3.22. The molecule has 0 saturated carbocycles. The molecule has 0 amide bonds. The van der Waals surface area contributed by atoms with E-state index in [0.717, 1.165) is 10.8 Å². The van der Waals surface area contributed by atoms with E-state index in [1.54, 1.807) is 19.9 Å². The molecule has 2 rings (SSSR count). The van der Waals surface area contributed by atoms with E-state index in [0.29, 0.717) is 5.56 Å². The number of fused-ring (bicyclic) bond motifs is 1. The van der Waals surface area contributed by atoms with Crippen LogP contribution in [0.2, 0.25) is 0 Å². The Hall–Kier alpha value is -2.16. The lowest BCUT2D eigenvalue weighted by molar-refractivity contribution is -0.145. The molecule has 0 bridgehead atoms. The van der Waals surface area contributed by atoms with Gasteiger partial charge in [0.15, 0.2) is 5.78 Å². The standard InChI is InChI=1S/C16H16O3/c1-3-19-16(18)11(2)15(17)14-10-6-8-12-7-4-5-9-13(12)14/h4-11H,3H2,1-2H3/t11-/m1/s1. The number of carbonyl (C=O) groups excluding carboxylic acids is 2. The molecule has 3 heteroatoms. The maximum absolute atomic E-state index is 12.4. The number of ketones is 1. The van der Waals surface area contributed by atoms with Crippen LogP contribution in [0.4, 0.5) is 0 Å². The Kier molecular flexibility index (Phi) is 3.95. The van der Waals surface area contributed by atoms with Gasteiger partial charge in [-0.3, -0.25) is 9.59 Å². The van der Waals surface area contributed by atoms with Crippen molar-refractivity contribution in [3.63, 3.8) is 0 Å². The Labute approximate surface area is 112 Å². The van der Waals surface area contributed by atoms with Crippen LogP contribution in [0.15, 0.2) is 42.5 Å². The second-order valence-electron chi connectivity index (χ2n) is 4.36. The van der Waals surface area contributed by atoms with Crippen LogP contribution in [-0.2, 0) is 9.53 Å². The highest BCUT2D eigenvalue weighted by Gasteiger charge is 2.24. The van der Waals surface area contributed by atoms with Crippen LogP contribution in [0.3, 0.4) is 0 Å². The van der Waals surface area contributed by atoms with Gasteiger partial charge in [0.05, 0.1) is 6.61 Å². The first-order chi connectivity index (χ1) is 9.15. The summed E-state index contributed by atoms with van der Waals surface area (Å²) >= 11 is 0. The number of carbonyl (C=O) groups is 2. The summed E-state index contributed by atoms with van der Waals surface area (Å²) in [5, 5.41) is 1.86. The Morgan fingerprint density at radius 3 is 2.53 bits per heavy atom. The van der Waals surface area contributed by atoms with E-state index in [9.17, 15) is 9.59 Å². The number of rotatable bonds is 4. The maximum atomic E-state index is 12.4. The third-order valence-electron chi connectivity index (χ3n) is 3.09. The van der Waals surface area contributed by atoms with E-state index in [1.165, 1.54) is 0 Å². The average molecular weight is 256 g/mol. The van der Waals surface area contributed by atoms with Gasteiger partial charge in [-0.05, 0) is 24.6 Å². The van der Waals surface area contributed by atoms with Gasteiger partial charge in [0.2, 0.25) is 0 Å². The summed E-state index contributed by atoms with van der Waals surface area (Å²) < 4.78 is 4.90. The smallest absolute Gasteiger partial charge is 0.316 e. The van der Waals surface area contributed by atoms with Crippen molar-refractivity contribution < 1.29 is 14.3 Å². The highest BCUT2D eigenvalue weighted by Crippen LogP contribution is 2.21. The summed E-state index contributed by atoms with van der Waals surface area (Å²) in [4.78, 5) is 24.0. The van der Waals surface area contributed by atoms with Crippen LogP contribution in [0.25, 0.3) is 10.8 Å². The third kappa shape index (κ3) is 2.65. The van der Waals surface area contributed by atoms with Gasteiger partial charge in [-0.25, -0.2) is 0 Å². The second-order valence-corrected chi connectivity index (χ2v) is 4.36. The SMILES string of the molecule is CCOC(=O)[C@H](C)C(=O)c1cccc2ccccc12. The fourth-order valence-corrected chi connectivity index (χ4v) is 2.05. The van der Waals surface area contributed by atoms with E-state index in [4.69, 9.17) is 4.74 Å². The number of hydrogen-bond acceptors (Lipinski definition) is 3. The molecule has 0 saturated heterocycles. The van der Waals surface area contributed by atoms with Crippen molar-refractivity contribution in [2.24, 2.45) is 5.92 Å². The van der Waals surface area contributed by atoms with Crippen molar-refractivity contribution in [3.05, 3.63) is 48.0 Å². The minimum atomic E-state index is -0.772. The largest absolute Gasteiger partial charge is 0.465 e. The summed E-state index contributed by atoms with van der Waals surface area (Å²) in [6.45, 7) is 3.60. The maximum Gasteiger partial charge on any atom is 0.316 e. The molecule has 0 spiro atoms. The van der Waals surface area contributed by atoms with Crippen LogP contribution < -0.4 is 0 Å². The molecular formula is C16H16O3. The van der Waals surface area contributed by atoms with Crippen molar-refractivity contribution >= 4 is 22.5 Å². The zero-order valence-corrected chi connectivity index (χ0v) is 11.1. The number of Topliss-reactive ketones (excluding diaryl/α,β-unsaturated/α-hetero) is 1. The van der Waals surface area contributed by atoms with Gasteiger partial charge in [-0.15, -0.1) is 0 Å². The third-order valence-corrected chi connectivity index (χ3v) is 3.09. The number of esters is 1. The van der Waals surface area contributed by atoms with Gasteiger partial charge in [-0.1, -0.05) is 42.5 Å². The van der Waals surface area contributed by atoms with Crippen molar-refractivity contribution in [1.82, 2.24) is 0 Å². The van der Waals surface area contributed by atoms with E-state index in [-0.39, 0.29) is 12.4 Å². The number of ether oxygens (including phenoxy) is 1. The van der Waals surface area contributed by atoms with Crippen LogP contribution >= 0.6 is 0 Å². The molecule has 2 aromatic carbocycles. The molecule has 0 heterocycles. The summed E-state index contributed by atoms with van der Waals surface area (Å²) in [6, 6.07) is 13.2. The highest BCUT2D eigenvalue weighted by atomic mass is 16.5. The second kappa shape index (κ2) is 5.65. The summed E-state index contributed by atoms with van der Waals surface area (Å²) in [7, 11) is 0. The van der Waals surface area contributed by atoms with Gasteiger partial charge in [-0.2, -0.15) is 0 Å². The van der Waals surface area contributed by atoms with Crippen LogP contribution in [0.5, 0.6) is 0 Å². The molecule has 0 radical (unpaired) electrons. The monoisotopic (exact) mass is 256 g/mol. The van der Waals surface area contributed by atoms with Crippen molar-refractivity contribution in [2.45, 2.75) is 13.8 Å². The van der Waals surface area contributed by atoms with Crippen molar-refractivity contribution in [2.75, 3.05) is 6.61 Å². The first-order valence-electron chi connectivity index (χ1n) is 6.33. The van der Waals surface area contributed by atoms with Crippen LogP contribution in [-0.4, -0.2) is 18.4 Å². The van der Waals surface area contributed by atoms with Gasteiger partial charge < -0.3 is 4.74 Å². The average Bonchev–Trinajstić information content (AvgIpc) is 2.45. The Morgan fingerprint density at radius 2 is 1.79 bits per heavy atom. The molecule has 2 aromatic rings. The van der Waals surface area contributed by atoms with Crippen molar-refractivity contribution in [3.8, 4) is 0 Å². The zero-order chi connectivity index (χ0) is 13.8. The summed E-state index contributed by atoms with van der Waals surface area (Å²) in [5.74, 6) is -1.44. The molecule has 0 aromatic heterocycles. The molecule has 0 aliphatic heterocycles. The highest BCUT2D eigenvalue weighted by molar-refractivity contribution is 6.14. The Balaban J connectivity index is 2.39. The molecule has 0 N–H and O–H groups in total. The van der Waals surface area contributed by atoms with Crippen molar-refractivity contribution in [1.29, 1.82) is 0 Å². The van der Waals surface area contributed by atoms with E-state index < -0.39 is 11.9 Å². The van der Waals surface area contributed by atoms with E-state index in [2.05, 4.69) is 0 Å². The van der Waals surface area contributed by atoms with Crippen LogP contribution in [0.1, 0.15) is 24.2 Å². The van der Waals surface area contributed by atoms with Gasteiger partial charge in [0.1, 0.15) is 5.92 Å². The fourth-order valence-electron chi connectivity index (χ4n) is 2.05. The van der Waals surface area contributed by atoms with Gasteiger partial charge in [0, 0.05) is 5.56 Å². The summed E-state index contributed by atoms with van der Waals surface area (Å²) in [5.41, 5.74) is 0.568. The lowest BCUT2D eigenvalue weighted by atomic mass is 9.94. The first-order valence-corrected chi connectivity index (χ1v) is 6.33. The molecule has 1 atom stereocenters. The number of hydrogen-bond donors (Lipinski definition) is 0. The molecule has 3 nitrogen and oxygen atoms in total. The van der Waals surface area contributed by atoms with E-state index >= 15 is 0 Å². The molecule has 0 aliphatic carbocycles. The topological polar surface area (TPSA) is 43.4 Å². The Bertz CT molecular complexity index is 611. The lowest BCUT2D eigenvalue weighted by Crippen LogP contribution is -2.23. The minimum absolute atomic E-state index is 0.199. The fraction of sp³-hybridized carbons (Fsp3) is 0.250. The molecular weight excluding hydrogens is 240 g/mol. The zero-order valence-electron chi connectivity index (χ0n) is 11.1. The Morgan fingerprint density at radius 1 is 1.11 bits per heavy atom. The van der Waals surface area contributed by atoms with Crippen LogP contribution in [0, 0.1) is 5.92 Å². The number of benzene rings is 2. The molecule has 98 valence electrons. The quantitative estimate of drug-likeness (QED) is 0.479. The predicted molar refractivity (Wildman–Crippen MR) is 74.1 cm³/mol. The lowest BCUT2D eigenvalue weighted by Gasteiger charge is -2.11. The molecule has 0 unspecified atom stereocenters. The molecule has 0 fully saturated rings. The normalized spacial score (nSPS) is 12.1.